The Morgan fingerprint density at radius 2 is 1.54 bits per heavy atom. The van der Waals surface area contributed by atoms with Crippen molar-refractivity contribution in [3.05, 3.63) is 82.3 Å². The summed E-state index contributed by atoms with van der Waals surface area (Å²) in [6, 6.07) is 21.9. The zero-order valence-corrected chi connectivity index (χ0v) is 21.4. The quantitative estimate of drug-likeness (QED) is 0.163. The minimum Gasteiger partial charge on any atom is -0.299 e. The van der Waals surface area contributed by atoms with Gasteiger partial charge in [0.25, 0.3) is 0 Å². The Bertz CT molecular complexity index is 2200. The first kappa shape index (κ1) is 20.3. The van der Waals surface area contributed by atoms with Crippen molar-refractivity contribution in [3.63, 3.8) is 0 Å². The number of fused-ring (bicyclic) bond motifs is 8. The summed E-state index contributed by atoms with van der Waals surface area (Å²) in [6.07, 6.45) is 5.34. The van der Waals surface area contributed by atoms with Crippen LogP contribution in [0.25, 0.3) is 63.7 Å². The van der Waals surface area contributed by atoms with Crippen LogP contribution in [0.1, 0.15) is 30.6 Å². The molecule has 0 radical (unpaired) electrons. The molecule has 0 bridgehead atoms. The van der Waals surface area contributed by atoms with Gasteiger partial charge in [0.2, 0.25) is 0 Å². The molecule has 2 aliphatic rings. The van der Waals surface area contributed by atoms with Gasteiger partial charge < -0.3 is 0 Å². The van der Waals surface area contributed by atoms with E-state index in [1.807, 2.05) is 6.08 Å². The maximum Gasteiger partial charge on any atom is 0.193 e. The maximum atomic E-state index is 13.1. The van der Waals surface area contributed by atoms with Crippen molar-refractivity contribution in [2.75, 3.05) is 0 Å². The molecular formula is C32H19NO2S2. The van der Waals surface area contributed by atoms with Gasteiger partial charge in [-0.15, -0.1) is 22.7 Å². The number of Topliss-reactive ketones (excluding diaryl/α,β-unsaturated/α-hetero) is 2. The molecule has 4 heterocycles. The molecule has 0 atom stereocenters. The third-order valence-electron chi connectivity index (χ3n) is 8.31. The number of hydrogen-bond donors (Lipinski definition) is 0. The van der Waals surface area contributed by atoms with E-state index in [1.165, 1.54) is 57.6 Å². The van der Waals surface area contributed by atoms with Crippen LogP contribution < -0.4 is 0 Å². The van der Waals surface area contributed by atoms with Crippen molar-refractivity contribution in [3.8, 4) is 0 Å². The normalized spacial score (nSPS) is 16.7. The zero-order valence-electron chi connectivity index (χ0n) is 19.8. The van der Waals surface area contributed by atoms with Gasteiger partial charge in [-0.2, -0.15) is 0 Å². The van der Waals surface area contributed by atoms with Crippen LogP contribution in [-0.2, 0) is 9.59 Å². The molecule has 0 aliphatic heterocycles. The number of carbonyl (C=O) groups excluding carboxylic acids is 2. The predicted molar refractivity (Wildman–Crippen MR) is 155 cm³/mol. The molecular weight excluding hydrogens is 494 g/mol. The highest BCUT2D eigenvalue weighted by Crippen LogP contribution is 2.48. The molecule has 0 N–H and O–H groups in total. The average molecular weight is 514 g/mol. The first-order valence-corrected chi connectivity index (χ1v) is 14.4. The minimum atomic E-state index is -0.0432. The number of hydrogen-bond acceptors (Lipinski definition) is 4. The molecule has 176 valence electrons. The second-order valence-corrected chi connectivity index (χ2v) is 12.3. The molecule has 9 rings (SSSR count). The fourth-order valence-electron chi connectivity index (χ4n) is 6.71. The Morgan fingerprint density at radius 3 is 2.38 bits per heavy atom. The van der Waals surface area contributed by atoms with E-state index in [9.17, 15) is 9.59 Å². The van der Waals surface area contributed by atoms with Gasteiger partial charge in [0, 0.05) is 42.3 Å². The van der Waals surface area contributed by atoms with Gasteiger partial charge in [-0.25, -0.2) is 0 Å². The summed E-state index contributed by atoms with van der Waals surface area (Å²) < 4.78 is 4.89. The lowest BCUT2D eigenvalue weighted by atomic mass is 9.93. The molecule has 0 saturated carbocycles. The maximum absolute atomic E-state index is 13.1. The number of aromatic nitrogens is 1. The van der Waals surface area contributed by atoms with Gasteiger partial charge >= 0.3 is 0 Å². The zero-order chi connectivity index (χ0) is 24.4. The van der Waals surface area contributed by atoms with E-state index in [2.05, 4.69) is 65.1 Å². The van der Waals surface area contributed by atoms with Gasteiger partial charge in [-0.3, -0.25) is 14.0 Å². The van der Waals surface area contributed by atoms with Gasteiger partial charge in [0.15, 0.2) is 11.6 Å². The van der Waals surface area contributed by atoms with Crippen LogP contribution in [0.2, 0.25) is 0 Å². The standard InChI is InChI=1S/C32H19NO2S2/c34-29-20-8-1-2-9-21(20)30(35)23(29)14-17-15-25-31(36-17)27-22-10-5-6-16-12-13-19-18-7-3-4-11-24(18)33(32(27)37-25)28(19)26(16)22/h3-7,10-15H,1-2,8-9H2. The average Bonchev–Trinajstić information content (AvgIpc) is 3.64. The van der Waals surface area contributed by atoms with E-state index in [0.29, 0.717) is 5.57 Å². The molecule has 3 nitrogen and oxygen atoms in total. The summed E-state index contributed by atoms with van der Waals surface area (Å²) in [6.45, 7) is 0. The molecule has 0 fully saturated rings. The van der Waals surface area contributed by atoms with Crippen molar-refractivity contribution in [2.24, 2.45) is 0 Å². The van der Waals surface area contributed by atoms with Crippen molar-refractivity contribution in [2.45, 2.75) is 25.7 Å². The van der Waals surface area contributed by atoms with Gasteiger partial charge in [0.1, 0.15) is 4.83 Å². The summed E-state index contributed by atoms with van der Waals surface area (Å²) in [5.41, 5.74) is 4.42. The van der Waals surface area contributed by atoms with Crippen LogP contribution in [0, 0.1) is 0 Å². The number of nitrogens with zero attached hydrogens (tertiary/aromatic N) is 1. The van der Waals surface area contributed by atoms with Crippen molar-refractivity contribution < 1.29 is 9.59 Å². The van der Waals surface area contributed by atoms with E-state index in [0.717, 1.165) is 41.7 Å². The predicted octanol–water partition coefficient (Wildman–Crippen LogP) is 8.67. The molecule has 7 aromatic rings. The number of carbonyl (C=O) groups is 2. The minimum absolute atomic E-state index is 0.0432. The number of ketones is 2. The monoisotopic (exact) mass is 513 g/mol. The van der Waals surface area contributed by atoms with Crippen LogP contribution in [0.4, 0.5) is 0 Å². The van der Waals surface area contributed by atoms with E-state index in [-0.39, 0.29) is 11.6 Å². The molecule has 3 aromatic carbocycles. The van der Waals surface area contributed by atoms with E-state index in [4.69, 9.17) is 0 Å². The third-order valence-corrected chi connectivity index (χ3v) is 10.7. The SMILES string of the molecule is O=C1C(=Cc2cc3sc4c(c5cccc6ccc7c8ccccc8n4c7c65)c3s2)C(=O)C2=C1CCCC2. The number of thiophene rings is 2. The van der Waals surface area contributed by atoms with Gasteiger partial charge in [-0.05, 0) is 54.7 Å². The van der Waals surface area contributed by atoms with Crippen molar-refractivity contribution >= 4 is 97.9 Å². The summed E-state index contributed by atoms with van der Waals surface area (Å²) in [5, 5.41) is 7.65. The highest BCUT2D eigenvalue weighted by Gasteiger charge is 2.36. The van der Waals surface area contributed by atoms with Gasteiger partial charge in [-0.1, -0.05) is 48.5 Å². The lowest BCUT2D eigenvalue weighted by Crippen LogP contribution is -2.03. The topological polar surface area (TPSA) is 38.5 Å². The van der Waals surface area contributed by atoms with Crippen LogP contribution in [0.15, 0.2) is 77.4 Å². The first-order valence-electron chi connectivity index (χ1n) is 12.7. The molecule has 0 unspecified atom stereocenters. The summed E-state index contributed by atoms with van der Waals surface area (Å²) in [5.74, 6) is -0.0863. The fraction of sp³-hybridized carbons (Fsp3) is 0.125. The van der Waals surface area contributed by atoms with Crippen LogP contribution in [-0.4, -0.2) is 16.0 Å². The number of benzene rings is 3. The fourth-order valence-corrected chi connectivity index (χ4v) is 9.35. The van der Waals surface area contributed by atoms with Crippen molar-refractivity contribution in [1.82, 2.24) is 4.40 Å². The van der Waals surface area contributed by atoms with Gasteiger partial charge in [0.05, 0.1) is 21.3 Å². The Kier molecular flexibility index (Phi) is 3.80. The van der Waals surface area contributed by atoms with Crippen LogP contribution in [0.3, 0.4) is 0 Å². The van der Waals surface area contributed by atoms with E-state index in [1.54, 1.807) is 22.7 Å². The third kappa shape index (κ3) is 2.46. The smallest absolute Gasteiger partial charge is 0.193 e. The molecule has 0 amide bonds. The number of pyridine rings is 1. The Labute approximate surface area is 219 Å². The Balaban J connectivity index is 1.36. The lowest BCUT2D eigenvalue weighted by molar-refractivity contribution is -0.115. The molecule has 4 aromatic heterocycles. The van der Waals surface area contributed by atoms with E-state index >= 15 is 0 Å². The number of para-hydroxylation sites is 1. The summed E-state index contributed by atoms with van der Waals surface area (Å²) >= 11 is 3.50. The highest BCUT2D eigenvalue weighted by atomic mass is 32.1. The molecule has 0 spiro atoms. The first-order chi connectivity index (χ1) is 18.2. The second-order valence-electron chi connectivity index (χ2n) is 10.2. The highest BCUT2D eigenvalue weighted by molar-refractivity contribution is 7.33. The Hall–Kier alpha value is -3.80. The summed E-state index contributed by atoms with van der Waals surface area (Å²) in [7, 11) is 0. The van der Waals surface area contributed by atoms with Crippen LogP contribution >= 0.6 is 22.7 Å². The number of rotatable bonds is 1. The molecule has 0 saturated heterocycles. The molecule has 5 heteroatoms. The second kappa shape index (κ2) is 6.94. The summed E-state index contributed by atoms with van der Waals surface area (Å²) in [4.78, 5) is 28.4. The van der Waals surface area contributed by atoms with Crippen LogP contribution in [0.5, 0.6) is 0 Å². The Morgan fingerprint density at radius 1 is 0.757 bits per heavy atom. The number of allylic oxidation sites excluding steroid dienone is 3. The van der Waals surface area contributed by atoms with Crippen molar-refractivity contribution in [1.29, 1.82) is 0 Å². The van der Waals surface area contributed by atoms with E-state index < -0.39 is 0 Å². The lowest BCUT2D eigenvalue weighted by Gasteiger charge is -2.10. The largest absolute Gasteiger partial charge is 0.299 e. The molecule has 2 aliphatic carbocycles. The molecule has 37 heavy (non-hydrogen) atoms.